The number of carboxylic acids is 1. The summed E-state index contributed by atoms with van der Waals surface area (Å²) < 4.78 is 0. The van der Waals surface area contributed by atoms with Crippen LogP contribution in [-0.4, -0.2) is 17.9 Å². The first-order chi connectivity index (χ1) is 8.77. The molecular weight excluding hydrogens is 230 g/mol. The Morgan fingerprint density at radius 3 is 2.11 bits per heavy atom. The van der Waals surface area contributed by atoms with E-state index in [9.17, 15) is 4.79 Å². The maximum absolute atomic E-state index is 11.0. The summed E-state index contributed by atoms with van der Waals surface area (Å²) in [5.74, 6) is -0.931. The lowest BCUT2D eigenvalue weighted by atomic mass is 10.1. The van der Waals surface area contributed by atoms with Crippen LogP contribution in [0.5, 0.6) is 0 Å². The van der Waals surface area contributed by atoms with Crippen molar-refractivity contribution in [3.8, 4) is 0 Å². The number of carbonyl (C=O) groups is 2. The highest BCUT2D eigenvalue weighted by Crippen LogP contribution is 2.20. The molecule has 0 amide bonds. The molecule has 0 unspecified atom stereocenters. The third-order valence-corrected chi connectivity index (χ3v) is 2.21. The molecule has 0 heterocycles. The topological polar surface area (TPSA) is 66.4 Å². The van der Waals surface area contributed by atoms with E-state index >= 15 is 0 Å². The standard InChI is InChI=1S/C13H11NO2.CH2O/c15-13(16)11-8-4-5-9-12(11)14-10-6-2-1-3-7-10;1-2/h1-9,14H,(H,15,16);1H2. The zero-order valence-electron chi connectivity index (χ0n) is 9.67. The molecule has 0 aliphatic carbocycles. The Balaban J connectivity index is 0.000000771. The Kier molecular flexibility index (Phi) is 5.12. The van der Waals surface area contributed by atoms with Gasteiger partial charge >= 0.3 is 5.97 Å². The van der Waals surface area contributed by atoms with Crippen LogP contribution in [0.15, 0.2) is 54.6 Å². The number of para-hydroxylation sites is 2. The summed E-state index contributed by atoms with van der Waals surface area (Å²) in [4.78, 5) is 19.0. The fourth-order valence-corrected chi connectivity index (χ4v) is 1.46. The van der Waals surface area contributed by atoms with E-state index < -0.39 is 5.97 Å². The molecule has 2 aromatic carbocycles. The van der Waals surface area contributed by atoms with Gasteiger partial charge in [-0.05, 0) is 24.3 Å². The van der Waals surface area contributed by atoms with Crippen molar-refractivity contribution in [1.29, 1.82) is 0 Å². The van der Waals surface area contributed by atoms with Crippen LogP contribution in [0.1, 0.15) is 10.4 Å². The van der Waals surface area contributed by atoms with Crippen LogP contribution in [0.2, 0.25) is 0 Å². The number of benzene rings is 2. The van der Waals surface area contributed by atoms with E-state index in [1.165, 1.54) is 0 Å². The number of aromatic carboxylic acids is 1. The van der Waals surface area contributed by atoms with E-state index in [0.717, 1.165) is 5.69 Å². The highest BCUT2D eigenvalue weighted by molar-refractivity contribution is 5.95. The molecule has 4 nitrogen and oxygen atoms in total. The molecule has 0 atom stereocenters. The van der Waals surface area contributed by atoms with Crippen LogP contribution in [0, 0.1) is 0 Å². The highest BCUT2D eigenvalue weighted by atomic mass is 16.4. The van der Waals surface area contributed by atoms with Crippen LogP contribution >= 0.6 is 0 Å². The third kappa shape index (κ3) is 3.45. The van der Waals surface area contributed by atoms with Crippen molar-refractivity contribution in [2.45, 2.75) is 0 Å². The van der Waals surface area contributed by atoms with Crippen molar-refractivity contribution in [2.24, 2.45) is 0 Å². The second-order valence-electron chi connectivity index (χ2n) is 3.34. The molecule has 0 aliphatic rings. The molecule has 2 rings (SSSR count). The van der Waals surface area contributed by atoms with E-state index in [0.29, 0.717) is 5.69 Å². The molecule has 0 bridgehead atoms. The van der Waals surface area contributed by atoms with Crippen molar-refractivity contribution >= 4 is 24.1 Å². The quantitative estimate of drug-likeness (QED) is 0.869. The van der Waals surface area contributed by atoms with Gasteiger partial charge in [-0.1, -0.05) is 30.3 Å². The molecule has 2 aromatic rings. The number of carbonyl (C=O) groups excluding carboxylic acids is 1. The minimum absolute atomic E-state index is 0.270. The Morgan fingerprint density at radius 2 is 1.50 bits per heavy atom. The predicted molar refractivity (Wildman–Crippen MR) is 70.2 cm³/mol. The van der Waals surface area contributed by atoms with E-state index in [-0.39, 0.29) is 5.56 Å². The van der Waals surface area contributed by atoms with Gasteiger partial charge in [-0.25, -0.2) is 4.79 Å². The van der Waals surface area contributed by atoms with E-state index in [4.69, 9.17) is 9.90 Å². The number of anilines is 2. The van der Waals surface area contributed by atoms with Gasteiger partial charge in [0.15, 0.2) is 0 Å². The minimum atomic E-state index is -0.931. The fourth-order valence-electron chi connectivity index (χ4n) is 1.46. The summed E-state index contributed by atoms with van der Waals surface area (Å²) in [5.41, 5.74) is 1.74. The number of hydrogen-bond acceptors (Lipinski definition) is 3. The monoisotopic (exact) mass is 243 g/mol. The van der Waals surface area contributed by atoms with Gasteiger partial charge < -0.3 is 15.2 Å². The van der Waals surface area contributed by atoms with Crippen LogP contribution in [0.25, 0.3) is 0 Å². The van der Waals surface area contributed by atoms with Crippen molar-refractivity contribution < 1.29 is 14.7 Å². The Hall–Kier alpha value is -2.62. The van der Waals surface area contributed by atoms with Crippen LogP contribution in [0.4, 0.5) is 11.4 Å². The van der Waals surface area contributed by atoms with Crippen molar-refractivity contribution in [3.05, 3.63) is 60.2 Å². The van der Waals surface area contributed by atoms with Gasteiger partial charge in [-0.15, -0.1) is 0 Å². The lowest BCUT2D eigenvalue weighted by molar-refractivity contribution is -0.0980. The molecule has 0 spiro atoms. The summed E-state index contributed by atoms with van der Waals surface area (Å²) in [6.45, 7) is 2.00. The van der Waals surface area contributed by atoms with Gasteiger partial charge in [0, 0.05) is 5.69 Å². The second-order valence-corrected chi connectivity index (χ2v) is 3.34. The Bertz CT molecular complexity index is 511. The zero-order chi connectivity index (χ0) is 13.4. The van der Waals surface area contributed by atoms with E-state index in [2.05, 4.69) is 5.32 Å². The predicted octanol–water partition coefficient (Wildman–Crippen LogP) is 2.94. The normalized spacial score (nSPS) is 8.89. The number of carboxylic acid groups (broad SMARTS) is 1. The number of nitrogens with one attached hydrogen (secondary N) is 1. The summed E-state index contributed by atoms with van der Waals surface area (Å²) in [5, 5.41) is 12.1. The molecule has 0 aromatic heterocycles. The average Bonchev–Trinajstić information content (AvgIpc) is 2.42. The Labute approximate surface area is 105 Å². The Morgan fingerprint density at radius 1 is 0.944 bits per heavy atom. The first kappa shape index (κ1) is 13.4. The molecule has 18 heavy (non-hydrogen) atoms. The number of hydrogen-bond donors (Lipinski definition) is 2. The zero-order valence-corrected chi connectivity index (χ0v) is 9.67. The van der Waals surface area contributed by atoms with Gasteiger partial charge in [-0.3, -0.25) is 0 Å². The van der Waals surface area contributed by atoms with Crippen LogP contribution in [0.3, 0.4) is 0 Å². The highest BCUT2D eigenvalue weighted by Gasteiger charge is 2.08. The first-order valence-electron chi connectivity index (χ1n) is 5.20. The molecule has 0 fully saturated rings. The summed E-state index contributed by atoms with van der Waals surface area (Å²) in [6, 6.07) is 16.3. The average molecular weight is 243 g/mol. The molecule has 0 aliphatic heterocycles. The third-order valence-electron chi connectivity index (χ3n) is 2.21. The summed E-state index contributed by atoms with van der Waals surface area (Å²) in [7, 11) is 0. The van der Waals surface area contributed by atoms with E-state index in [1.54, 1.807) is 24.3 Å². The molecular formula is C14H13NO3. The lowest BCUT2D eigenvalue weighted by Crippen LogP contribution is -2.01. The largest absolute Gasteiger partial charge is 0.478 e. The van der Waals surface area contributed by atoms with Gasteiger partial charge in [0.05, 0.1) is 11.3 Å². The first-order valence-corrected chi connectivity index (χ1v) is 5.20. The molecule has 2 N–H and O–H groups in total. The van der Waals surface area contributed by atoms with Gasteiger partial charge in [0.25, 0.3) is 0 Å². The van der Waals surface area contributed by atoms with Crippen molar-refractivity contribution in [3.63, 3.8) is 0 Å². The fraction of sp³-hybridized carbons (Fsp3) is 0. The van der Waals surface area contributed by atoms with Gasteiger partial charge in [0.2, 0.25) is 0 Å². The second kappa shape index (κ2) is 6.85. The molecule has 0 saturated heterocycles. The van der Waals surface area contributed by atoms with Gasteiger partial charge in [-0.2, -0.15) is 0 Å². The minimum Gasteiger partial charge on any atom is -0.478 e. The van der Waals surface area contributed by atoms with Crippen LogP contribution < -0.4 is 5.32 Å². The smallest absolute Gasteiger partial charge is 0.337 e. The van der Waals surface area contributed by atoms with Gasteiger partial charge in [0.1, 0.15) is 6.79 Å². The van der Waals surface area contributed by atoms with Crippen LogP contribution in [-0.2, 0) is 4.79 Å². The van der Waals surface area contributed by atoms with Crippen molar-refractivity contribution in [2.75, 3.05) is 5.32 Å². The molecule has 92 valence electrons. The number of rotatable bonds is 3. The summed E-state index contributed by atoms with van der Waals surface area (Å²) >= 11 is 0. The molecule has 0 saturated carbocycles. The molecule has 4 heteroatoms. The van der Waals surface area contributed by atoms with Crippen molar-refractivity contribution in [1.82, 2.24) is 0 Å². The maximum Gasteiger partial charge on any atom is 0.337 e. The lowest BCUT2D eigenvalue weighted by Gasteiger charge is -2.08. The molecule has 0 radical (unpaired) electrons. The summed E-state index contributed by atoms with van der Waals surface area (Å²) in [6.07, 6.45) is 0. The maximum atomic E-state index is 11.0. The SMILES string of the molecule is C=O.O=C(O)c1ccccc1Nc1ccccc1. The van der Waals surface area contributed by atoms with E-state index in [1.807, 2.05) is 37.1 Å².